The third-order valence-electron chi connectivity index (χ3n) is 5.55. The molecule has 1 amide bonds. The van der Waals surface area contributed by atoms with E-state index in [2.05, 4.69) is 0 Å². The number of nitrogens with two attached hydrogens (primary N) is 3. The number of halogens is 1. The highest BCUT2D eigenvalue weighted by molar-refractivity contribution is 5.92. The molecule has 0 saturated heterocycles. The van der Waals surface area contributed by atoms with Crippen molar-refractivity contribution in [2.24, 2.45) is 40.4 Å². The standard InChI is InChI=1S/C14H22FN3O5/c15-7-5-6-8(10(19)20)14(6,9(7)11(21)22)13(18,12(17)23)3-1-2-4-16/h6-9H,1-5,16,18H2,(H2,17,23)(H,19,20)(H,21,22)/t6-,7+,8-,9?,13-,14+/m1/s1. The monoisotopic (exact) mass is 331 g/mol. The minimum atomic E-state index is -1.89. The third kappa shape index (κ3) is 2.21. The summed E-state index contributed by atoms with van der Waals surface area (Å²) in [5, 5.41) is 18.8. The van der Waals surface area contributed by atoms with Crippen molar-refractivity contribution in [2.75, 3.05) is 6.54 Å². The first-order chi connectivity index (χ1) is 10.7. The lowest BCUT2D eigenvalue weighted by Gasteiger charge is -2.38. The summed E-state index contributed by atoms with van der Waals surface area (Å²) in [4.78, 5) is 35.1. The van der Waals surface area contributed by atoms with Gasteiger partial charge in [0.25, 0.3) is 0 Å². The molecule has 2 fully saturated rings. The molecule has 2 aliphatic carbocycles. The van der Waals surface area contributed by atoms with Crippen LogP contribution in [-0.4, -0.2) is 46.3 Å². The molecule has 23 heavy (non-hydrogen) atoms. The Balaban J connectivity index is 2.49. The predicted molar refractivity (Wildman–Crippen MR) is 76.7 cm³/mol. The summed E-state index contributed by atoms with van der Waals surface area (Å²) in [6.07, 6.45) is -1.11. The van der Waals surface area contributed by atoms with Gasteiger partial charge in [0.05, 0.1) is 11.8 Å². The zero-order valence-corrected chi connectivity index (χ0v) is 12.6. The van der Waals surface area contributed by atoms with Crippen LogP contribution in [0.1, 0.15) is 25.7 Å². The lowest BCUT2D eigenvalue weighted by atomic mass is 9.68. The maximum absolute atomic E-state index is 14.2. The van der Waals surface area contributed by atoms with Crippen LogP contribution in [0.25, 0.3) is 0 Å². The molecule has 8 N–H and O–H groups in total. The number of unbranched alkanes of at least 4 members (excludes halogenated alkanes) is 1. The van der Waals surface area contributed by atoms with E-state index in [9.17, 15) is 29.0 Å². The number of rotatable bonds is 8. The Morgan fingerprint density at radius 3 is 2.17 bits per heavy atom. The first-order valence-corrected chi connectivity index (χ1v) is 7.54. The van der Waals surface area contributed by atoms with Crippen molar-refractivity contribution < 1.29 is 29.0 Å². The van der Waals surface area contributed by atoms with Gasteiger partial charge in [0.15, 0.2) is 0 Å². The predicted octanol–water partition coefficient (Wildman–Crippen LogP) is -0.942. The fourth-order valence-corrected chi connectivity index (χ4v) is 4.64. The second-order valence-corrected chi connectivity index (χ2v) is 6.50. The number of hydrogen-bond donors (Lipinski definition) is 5. The second-order valence-electron chi connectivity index (χ2n) is 6.50. The number of primary amides is 1. The SMILES string of the molecule is NCCCC[C@@](N)(C(N)=O)[C@@]12C(C(=O)O)[C@@H](F)C[C@@H]1[C@@H]2C(=O)O. The smallest absolute Gasteiger partial charge is 0.310 e. The average Bonchev–Trinajstić information content (AvgIpc) is 2.97. The molecule has 2 rings (SSSR count). The van der Waals surface area contributed by atoms with E-state index >= 15 is 0 Å². The van der Waals surface area contributed by atoms with Crippen LogP contribution < -0.4 is 17.2 Å². The van der Waals surface area contributed by atoms with Crippen LogP contribution in [0.2, 0.25) is 0 Å². The van der Waals surface area contributed by atoms with Gasteiger partial charge in [0, 0.05) is 5.41 Å². The van der Waals surface area contributed by atoms with Gasteiger partial charge in [0.2, 0.25) is 5.91 Å². The zero-order chi connectivity index (χ0) is 17.6. The number of carboxylic acids is 2. The van der Waals surface area contributed by atoms with Gasteiger partial charge in [-0.2, -0.15) is 0 Å². The first-order valence-electron chi connectivity index (χ1n) is 7.54. The van der Waals surface area contributed by atoms with E-state index in [1.165, 1.54) is 0 Å². The Bertz CT molecular complexity index is 545. The molecule has 8 nitrogen and oxygen atoms in total. The second kappa shape index (κ2) is 5.72. The molecule has 0 bridgehead atoms. The Morgan fingerprint density at radius 1 is 1.17 bits per heavy atom. The van der Waals surface area contributed by atoms with Gasteiger partial charge < -0.3 is 27.4 Å². The molecule has 0 aromatic heterocycles. The first kappa shape index (κ1) is 17.6. The molecule has 2 aliphatic rings. The largest absolute Gasteiger partial charge is 0.481 e. The highest BCUT2D eigenvalue weighted by Crippen LogP contribution is 2.76. The quantitative estimate of drug-likeness (QED) is 0.357. The molecule has 0 spiro atoms. The maximum Gasteiger partial charge on any atom is 0.310 e. The molecule has 0 radical (unpaired) electrons. The van der Waals surface area contributed by atoms with Gasteiger partial charge in [0.1, 0.15) is 11.7 Å². The fourth-order valence-electron chi connectivity index (χ4n) is 4.64. The summed E-state index contributed by atoms with van der Waals surface area (Å²) in [6.45, 7) is 0.335. The summed E-state index contributed by atoms with van der Waals surface area (Å²) >= 11 is 0. The molecular weight excluding hydrogens is 309 g/mol. The normalized spacial score (nSPS) is 37.7. The van der Waals surface area contributed by atoms with E-state index in [0.29, 0.717) is 19.4 Å². The van der Waals surface area contributed by atoms with Crippen molar-refractivity contribution in [3.8, 4) is 0 Å². The van der Waals surface area contributed by atoms with Crippen LogP contribution in [0, 0.1) is 23.2 Å². The average molecular weight is 331 g/mol. The van der Waals surface area contributed by atoms with Crippen LogP contribution in [0.3, 0.4) is 0 Å². The van der Waals surface area contributed by atoms with E-state index in [-0.39, 0.29) is 12.8 Å². The van der Waals surface area contributed by atoms with Crippen LogP contribution in [0.5, 0.6) is 0 Å². The highest BCUT2D eigenvalue weighted by atomic mass is 19.1. The Kier molecular flexibility index (Phi) is 4.38. The Labute approximate surface area is 132 Å². The number of aliphatic carboxylic acids is 2. The van der Waals surface area contributed by atoms with E-state index in [4.69, 9.17) is 17.2 Å². The number of hydrogen-bond acceptors (Lipinski definition) is 5. The van der Waals surface area contributed by atoms with Crippen molar-refractivity contribution in [2.45, 2.75) is 37.4 Å². The number of fused-ring (bicyclic) bond motifs is 1. The maximum atomic E-state index is 14.2. The van der Waals surface area contributed by atoms with Crippen molar-refractivity contribution in [3.63, 3.8) is 0 Å². The van der Waals surface area contributed by atoms with Gasteiger partial charge in [-0.1, -0.05) is 0 Å². The Hall–Kier alpha value is -1.74. The number of alkyl halides is 1. The molecule has 130 valence electrons. The van der Waals surface area contributed by atoms with Gasteiger partial charge in [-0.3, -0.25) is 14.4 Å². The minimum absolute atomic E-state index is 0.0175. The summed E-state index contributed by atoms with van der Waals surface area (Å²) in [5.74, 6) is -7.38. The minimum Gasteiger partial charge on any atom is -0.481 e. The number of carboxylic acid groups (broad SMARTS) is 2. The molecule has 2 saturated carbocycles. The van der Waals surface area contributed by atoms with Gasteiger partial charge in [-0.05, 0) is 38.1 Å². The zero-order valence-electron chi connectivity index (χ0n) is 12.6. The van der Waals surface area contributed by atoms with Gasteiger partial charge in [-0.25, -0.2) is 4.39 Å². The van der Waals surface area contributed by atoms with Crippen LogP contribution >= 0.6 is 0 Å². The topological polar surface area (TPSA) is 170 Å². The number of carbonyl (C=O) groups is 3. The molecule has 1 unspecified atom stereocenters. The molecule has 9 heteroatoms. The molecule has 0 aromatic rings. The Morgan fingerprint density at radius 2 is 1.74 bits per heavy atom. The van der Waals surface area contributed by atoms with Crippen LogP contribution in [0.15, 0.2) is 0 Å². The molecular formula is C14H22FN3O5. The lowest BCUT2D eigenvalue weighted by molar-refractivity contribution is -0.151. The molecule has 0 aromatic carbocycles. The summed E-state index contributed by atoms with van der Waals surface area (Å²) in [5.41, 5.74) is 13.4. The number of amides is 1. The fraction of sp³-hybridized carbons (Fsp3) is 0.786. The van der Waals surface area contributed by atoms with Crippen molar-refractivity contribution in [3.05, 3.63) is 0 Å². The van der Waals surface area contributed by atoms with E-state index in [1.54, 1.807) is 0 Å². The summed E-state index contributed by atoms with van der Waals surface area (Å²) < 4.78 is 14.2. The molecule has 6 atom stereocenters. The molecule has 0 heterocycles. The van der Waals surface area contributed by atoms with E-state index in [1.807, 2.05) is 0 Å². The summed E-state index contributed by atoms with van der Waals surface area (Å²) in [6, 6.07) is 0. The number of carbonyl (C=O) groups excluding carboxylic acids is 1. The van der Waals surface area contributed by atoms with Crippen molar-refractivity contribution >= 4 is 17.8 Å². The van der Waals surface area contributed by atoms with Gasteiger partial charge >= 0.3 is 11.9 Å². The van der Waals surface area contributed by atoms with Crippen molar-refractivity contribution in [1.82, 2.24) is 0 Å². The van der Waals surface area contributed by atoms with E-state index < -0.39 is 52.7 Å². The van der Waals surface area contributed by atoms with Gasteiger partial charge in [-0.15, -0.1) is 0 Å². The third-order valence-corrected chi connectivity index (χ3v) is 5.55. The summed E-state index contributed by atoms with van der Waals surface area (Å²) in [7, 11) is 0. The highest BCUT2D eigenvalue weighted by Gasteiger charge is 2.85. The molecule has 0 aliphatic heterocycles. The van der Waals surface area contributed by atoms with E-state index in [0.717, 1.165) is 0 Å². The van der Waals surface area contributed by atoms with Crippen LogP contribution in [-0.2, 0) is 14.4 Å². The van der Waals surface area contributed by atoms with Crippen LogP contribution in [0.4, 0.5) is 4.39 Å². The lowest BCUT2D eigenvalue weighted by Crippen LogP contribution is -2.63. The van der Waals surface area contributed by atoms with Crippen molar-refractivity contribution in [1.29, 1.82) is 0 Å².